The fraction of sp³-hybridized carbons (Fsp3) is 0.600. The Morgan fingerprint density at radius 2 is 1.40 bits per heavy atom. The van der Waals surface area contributed by atoms with Crippen LogP contribution in [0.25, 0.3) is 0 Å². The first-order valence-corrected chi connectivity index (χ1v) is 25.2. The van der Waals surface area contributed by atoms with Crippen molar-refractivity contribution in [1.82, 2.24) is 14.5 Å². The monoisotopic (exact) mass is 1020 g/mol. The Bertz CT molecular complexity index is 2350. The van der Waals surface area contributed by atoms with E-state index in [9.17, 15) is 24.0 Å². The van der Waals surface area contributed by atoms with E-state index in [1.807, 2.05) is 45.8 Å². The van der Waals surface area contributed by atoms with E-state index in [0.717, 1.165) is 4.57 Å². The highest BCUT2D eigenvalue weighted by Crippen LogP contribution is 2.42. The van der Waals surface area contributed by atoms with Crippen molar-refractivity contribution in [2.45, 2.75) is 167 Å². The van der Waals surface area contributed by atoms with E-state index in [1.54, 1.807) is 96.1 Å². The first kappa shape index (κ1) is 56.9. The van der Waals surface area contributed by atoms with Gasteiger partial charge in [0.2, 0.25) is 0 Å². The third kappa shape index (κ3) is 13.5. The molecule has 3 aliphatic heterocycles. The van der Waals surface area contributed by atoms with E-state index in [2.05, 4.69) is 4.98 Å². The van der Waals surface area contributed by atoms with Gasteiger partial charge in [0.25, 0.3) is 0 Å². The molecule has 1 aromatic heterocycles. The molecule has 18 nitrogen and oxygen atoms in total. The molecular formula is C55H75N3O15. The zero-order valence-electron chi connectivity index (χ0n) is 44.5. The van der Waals surface area contributed by atoms with Crippen LogP contribution in [-0.2, 0) is 57.0 Å². The zero-order chi connectivity index (χ0) is 53.4. The normalized spacial score (nSPS) is 35.5. The minimum Gasteiger partial charge on any atom is -0.458 e. The Labute approximate surface area is 429 Å². The predicted octanol–water partition coefficient (Wildman–Crippen LogP) is 7.62. The summed E-state index contributed by atoms with van der Waals surface area (Å²) in [6.45, 7) is 16.0. The van der Waals surface area contributed by atoms with Crippen molar-refractivity contribution >= 4 is 29.8 Å². The number of ether oxygens (including phenoxy) is 10. The highest BCUT2D eigenvalue weighted by molar-refractivity contribution is 5.96. The number of hydrogen-bond acceptors (Lipinski definition) is 17. The second-order valence-corrected chi connectivity index (χ2v) is 20.3. The Morgan fingerprint density at radius 1 is 0.795 bits per heavy atom. The largest absolute Gasteiger partial charge is 0.458 e. The van der Waals surface area contributed by atoms with E-state index < -0.39 is 108 Å². The number of ketones is 1. The van der Waals surface area contributed by atoms with Crippen LogP contribution in [0.2, 0.25) is 0 Å². The second kappa shape index (κ2) is 24.8. The summed E-state index contributed by atoms with van der Waals surface area (Å²) in [5, 5.41) is 0. The minimum atomic E-state index is -1.35. The molecule has 3 aromatic rings. The number of nitrogens with zero attached hydrogens (tertiary/aromatic N) is 3. The number of imidazole rings is 1. The maximum atomic E-state index is 14.9. The molecule has 2 saturated heterocycles. The lowest BCUT2D eigenvalue weighted by atomic mass is 9.76. The van der Waals surface area contributed by atoms with Crippen LogP contribution in [0.15, 0.2) is 91.0 Å². The molecule has 0 bridgehead atoms. The van der Waals surface area contributed by atoms with Crippen LogP contribution in [0.5, 0.6) is 0 Å². The Balaban J connectivity index is 1.45. The average molecular weight is 1020 g/mol. The van der Waals surface area contributed by atoms with Gasteiger partial charge in [-0.15, -0.1) is 0 Å². The van der Waals surface area contributed by atoms with Crippen molar-refractivity contribution in [2.75, 3.05) is 28.3 Å². The van der Waals surface area contributed by atoms with Crippen molar-refractivity contribution in [2.24, 2.45) is 17.8 Å². The van der Waals surface area contributed by atoms with E-state index in [-0.39, 0.29) is 42.8 Å². The van der Waals surface area contributed by atoms with Gasteiger partial charge in [-0.05, 0) is 111 Å². The summed E-state index contributed by atoms with van der Waals surface area (Å²) < 4.78 is 66.0. The van der Waals surface area contributed by atoms with Crippen molar-refractivity contribution in [1.29, 1.82) is 0 Å². The lowest BCUT2D eigenvalue weighted by molar-refractivity contribution is -0.318. The first-order chi connectivity index (χ1) is 34.6. The molecule has 400 valence electrons. The number of methoxy groups -OCH3 is 2. The van der Waals surface area contributed by atoms with Crippen LogP contribution < -0.4 is 0 Å². The molecule has 9 unspecified atom stereocenters. The number of esters is 3. The molecule has 0 spiro atoms. The number of carbonyl (C=O) groups is 5. The quantitative estimate of drug-likeness (QED) is 0.120. The number of Topliss-reactive ketones (excluding diaryl/α,β-unsaturated/α-hetero) is 1. The molecule has 16 atom stereocenters. The summed E-state index contributed by atoms with van der Waals surface area (Å²) in [4.78, 5) is 76.2. The standard InChI is InChI=1S/C55H75N3O15/c1-14-41-42(69-53(63)58-26-25-56-31-58)27-32(2)44(59)33(3)29-54(8,64-12)47(73-52-46(40(57(10)11)28-34(4)66-52)71-50(61)38-21-17-15-18-22-38)35(5)45(36(6)49(60)68-41)70-43-30-55(9,65-13)48(37(7)67-43)72-51(62)39-23-19-16-20-24-39/h15-27,31,33-37,40-43,45-48,52H,14,28-30H2,1-13H3/b32-27+/t33?,34?,35?,36?,37?,40?,41?,42-,43-,45?,46+,47+,48-,52?,54-,55+/m0/s1. The van der Waals surface area contributed by atoms with Gasteiger partial charge in [0.05, 0.1) is 53.1 Å². The molecule has 2 aromatic carbocycles. The van der Waals surface area contributed by atoms with Gasteiger partial charge in [-0.25, -0.2) is 23.9 Å². The Kier molecular flexibility index (Phi) is 19.3. The zero-order valence-corrected chi connectivity index (χ0v) is 44.5. The molecule has 6 rings (SSSR count). The highest BCUT2D eigenvalue weighted by Gasteiger charge is 2.54. The predicted molar refractivity (Wildman–Crippen MR) is 266 cm³/mol. The molecule has 18 heteroatoms. The summed E-state index contributed by atoms with van der Waals surface area (Å²) in [5.74, 6) is -4.79. The molecule has 73 heavy (non-hydrogen) atoms. The van der Waals surface area contributed by atoms with Gasteiger partial charge in [0.15, 0.2) is 36.7 Å². The maximum Gasteiger partial charge on any atom is 0.419 e. The van der Waals surface area contributed by atoms with Crippen molar-refractivity contribution in [3.05, 3.63) is 102 Å². The van der Waals surface area contributed by atoms with E-state index in [0.29, 0.717) is 17.5 Å². The molecule has 0 saturated carbocycles. The van der Waals surface area contributed by atoms with E-state index in [1.165, 1.54) is 39.0 Å². The van der Waals surface area contributed by atoms with Gasteiger partial charge in [-0.1, -0.05) is 57.2 Å². The number of allylic oxidation sites excluding steroid dienone is 1. The molecule has 0 aliphatic carbocycles. The number of likely N-dealkylation sites (N-methyl/N-ethyl adjacent to an activating group) is 1. The summed E-state index contributed by atoms with van der Waals surface area (Å²) in [5.41, 5.74) is -1.54. The van der Waals surface area contributed by atoms with Gasteiger partial charge >= 0.3 is 24.0 Å². The van der Waals surface area contributed by atoms with Gasteiger partial charge in [0.1, 0.15) is 18.0 Å². The molecular weight excluding hydrogens is 943 g/mol. The Hall–Kier alpha value is -5.34. The van der Waals surface area contributed by atoms with Gasteiger partial charge in [-0.3, -0.25) is 9.59 Å². The van der Waals surface area contributed by atoms with Gasteiger partial charge in [-0.2, -0.15) is 0 Å². The van der Waals surface area contributed by atoms with Crippen molar-refractivity contribution in [3.63, 3.8) is 0 Å². The topological polar surface area (TPSA) is 199 Å². The molecule has 3 aliphatic rings. The summed E-state index contributed by atoms with van der Waals surface area (Å²) in [6, 6.07) is 16.9. The third-order valence-corrected chi connectivity index (χ3v) is 14.6. The average Bonchev–Trinajstić information content (AvgIpc) is 3.93. The summed E-state index contributed by atoms with van der Waals surface area (Å²) in [7, 11) is 6.82. The van der Waals surface area contributed by atoms with Crippen molar-refractivity contribution in [3.8, 4) is 0 Å². The SMILES string of the molecule is CCC1OC(=O)C(C)C(O[C@H]2C[C@@](C)(OC)[C@@H](OC(=O)c3ccccc3)C(C)O2)C(C)[C@@H](OC2OC(C)CC(N(C)C)[C@H]2OC(=O)c2ccccc2)[C@@](C)(OC)CC(C)C(=O)/C(C)=C/[C@@H]1OC(=O)n1ccnc1. The van der Waals surface area contributed by atoms with Crippen molar-refractivity contribution < 1.29 is 71.3 Å². The molecule has 0 amide bonds. The highest BCUT2D eigenvalue weighted by atomic mass is 16.7. The number of cyclic esters (lactones) is 1. The van der Waals surface area contributed by atoms with Crippen LogP contribution in [0, 0.1) is 17.8 Å². The van der Waals surface area contributed by atoms with Crippen LogP contribution in [-0.4, -0.2) is 151 Å². The fourth-order valence-corrected chi connectivity index (χ4v) is 10.4. The van der Waals surface area contributed by atoms with Crippen LogP contribution in [0.4, 0.5) is 4.79 Å². The molecule has 2 fully saturated rings. The van der Waals surface area contributed by atoms with Crippen LogP contribution >= 0.6 is 0 Å². The lowest BCUT2D eigenvalue weighted by Gasteiger charge is -2.50. The number of rotatable bonds is 13. The maximum absolute atomic E-state index is 14.9. The third-order valence-electron chi connectivity index (χ3n) is 14.6. The molecule has 0 radical (unpaired) electrons. The first-order valence-electron chi connectivity index (χ1n) is 25.2. The fourth-order valence-electron chi connectivity index (χ4n) is 10.4. The second-order valence-electron chi connectivity index (χ2n) is 20.3. The Morgan fingerprint density at radius 3 is 1.96 bits per heavy atom. The number of aromatic nitrogens is 2. The lowest BCUT2D eigenvalue weighted by Crippen LogP contribution is -2.61. The number of hydrogen-bond donors (Lipinski definition) is 0. The number of benzene rings is 2. The van der Waals surface area contributed by atoms with Crippen LogP contribution in [0.1, 0.15) is 109 Å². The minimum absolute atomic E-state index is 0.0450. The molecule has 4 heterocycles. The van der Waals surface area contributed by atoms with E-state index in [4.69, 9.17) is 47.4 Å². The van der Waals surface area contributed by atoms with Gasteiger partial charge in [0, 0.05) is 44.9 Å². The van der Waals surface area contributed by atoms with Crippen LogP contribution in [0.3, 0.4) is 0 Å². The smallest absolute Gasteiger partial charge is 0.419 e. The summed E-state index contributed by atoms with van der Waals surface area (Å²) >= 11 is 0. The van der Waals surface area contributed by atoms with E-state index >= 15 is 0 Å². The van der Waals surface area contributed by atoms with Gasteiger partial charge < -0.3 is 52.3 Å². The summed E-state index contributed by atoms with van der Waals surface area (Å²) in [6.07, 6.45) is -4.05. The molecule has 0 N–H and O–H groups in total. The number of carbonyl (C=O) groups excluding carboxylic acids is 5.